The van der Waals surface area contributed by atoms with Crippen LogP contribution in [0.3, 0.4) is 0 Å². The zero-order chi connectivity index (χ0) is 21.2. The van der Waals surface area contributed by atoms with Crippen molar-refractivity contribution in [3.05, 3.63) is 82.4 Å². The number of amides is 2. The Morgan fingerprint density at radius 1 is 1.07 bits per heavy atom. The summed E-state index contributed by atoms with van der Waals surface area (Å²) >= 11 is 0. The summed E-state index contributed by atoms with van der Waals surface area (Å²) < 4.78 is 0. The van der Waals surface area contributed by atoms with E-state index in [1.54, 1.807) is 12.1 Å². The fraction of sp³-hybridized carbons (Fsp3) is 0.333. The summed E-state index contributed by atoms with van der Waals surface area (Å²) in [7, 11) is 4.01. The van der Waals surface area contributed by atoms with Crippen molar-refractivity contribution in [2.75, 3.05) is 20.6 Å². The Kier molecular flexibility index (Phi) is 5.89. The Labute approximate surface area is 172 Å². The van der Waals surface area contributed by atoms with Crippen LogP contribution in [0.2, 0.25) is 0 Å². The number of likely N-dealkylation sites (N-methyl/N-ethyl adjacent to an activating group) is 1. The van der Waals surface area contributed by atoms with Crippen molar-refractivity contribution < 1.29 is 9.59 Å². The average molecular weight is 392 g/mol. The number of rotatable bonds is 8. The van der Waals surface area contributed by atoms with Crippen molar-refractivity contribution >= 4 is 11.8 Å². The Hall–Kier alpha value is -2.92. The molecule has 0 saturated carbocycles. The van der Waals surface area contributed by atoms with Gasteiger partial charge < -0.3 is 16.0 Å². The van der Waals surface area contributed by atoms with E-state index in [0.29, 0.717) is 12.1 Å². The molecule has 2 amide bonds. The summed E-state index contributed by atoms with van der Waals surface area (Å²) in [6, 6.07) is 17.6. The quantitative estimate of drug-likeness (QED) is 0.726. The van der Waals surface area contributed by atoms with Gasteiger partial charge in [-0.05, 0) is 63.2 Å². The topological polar surface area (TPSA) is 75.4 Å². The van der Waals surface area contributed by atoms with Crippen LogP contribution in [0.1, 0.15) is 35.3 Å². The third kappa shape index (κ3) is 4.25. The van der Waals surface area contributed by atoms with Gasteiger partial charge in [0.1, 0.15) is 0 Å². The van der Waals surface area contributed by atoms with Gasteiger partial charge in [-0.3, -0.25) is 9.59 Å². The number of carbonyl (C=O) groups is 2. The fourth-order valence-electron chi connectivity index (χ4n) is 3.87. The van der Waals surface area contributed by atoms with E-state index < -0.39 is 5.91 Å². The van der Waals surface area contributed by atoms with Crippen molar-refractivity contribution in [2.24, 2.45) is 5.73 Å². The molecule has 0 radical (unpaired) electrons. The lowest BCUT2D eigenvalue weighted by molar-refractivity contribution is -0.117. The number of allylic oxidation sites excluding steroid dienone is 1. The molecule has 0 saturated heterocycles. The molecule has 5 heteroatoms. The molecule has 0 spiro atoms. The SMILES string of the molecule is CC1=C(C(=O)NC[C@H](Cc2ccc(C(N)=O)cc2)N(C)C)[C@@]1(C)c1ccccc1. The molecule has 0 fully saturated rings. The van der Waals surface area contributed by atoms with E-state index in [1.807, 2.05) is 51.4 Å². The Bertz CT molecular complexity index is 932. The number of nitrogens with two attached hydrogens (primary N) is 1. The maximum absolute atomic E-state index is 12.9. The predicted molar refractivity (Wildman–Crippen MR) is 116 cm³/mol. The number of primary amides is 1. The average Bonchev–Trinajstić information content (AvgIpc) is 3.27. The molecule has 1 aliphatic rings. The van der Waals surface area contributed by atoms with Crippen LogP contribution in [-0.4, -0.2) is 43.4 Å². The molecule has 2 atom stereocenters. The second kappa shape index (κ2) is 8.21. The number of carbonyl (C=O) groups excluding carboxylic acids is 2. The summed E-state index contributed by atoms with van der Waals surface area (Å²) in [6.07, 6.45) is 0.764. The van der Waals surface area contributed by atoms with Crippen LogP contribution in [0.4, 0.5) is 0 Å². The number of benzene rings is 2. The third-order valence-electron chi connectivity index (χ3n) is 6.08. The van der Waals surface area contributed by atoms with Gasteiger partial charge in [0.15, 0.2) is 0 Å². The Morgan fingerprint density at radius 2 is 1.69 bits per heavy atom. The largest absolute Gasteiger partial charge is 0.366 e. The monoisotopic (exact) mass is 391 g/mol. The van der Waals surface area contributed by atoms with E-state index in [2.05, 4.69) is 29.3 Å². The van der Waals surface area contributed by atoms with Gasteiger partial charge >= 0.3 is 0 Å². The molecule has 3 N–H and O–H groups in total. The van der Waals surface area contributed by atoms with Crippen LogP contribution in [-0.2, 0) is 16.6 Å². The summed E-state index contributed by atoms with van der Waals surface area (Å²) in [5, 5.41) is 3.12. The van der Waals surface area contributed by atoms with E-state index >= 15 is 0 Å². The second-order valence-electron chi connectivity index (χ2n) is 8.08. The normalized spacial score (nSPS) is 19.2. The predicted octanol–water partition coefficient (Wildman–Crippen LogP) is 2.66. The first-order valence-corrected chi connectivity index (χ1v) is 9.86. The summed E-state index contributed by atoms with van der Waals surface area (Å²) in [4.78, 5) is 26.2. The first-order valence-electron chi connectivity index (χ1n) is 9.86. The first-order chi connectivity index (χ1) is 13.7. The van der Waals surface area contributed by atoms with Gasteiger partial charge in [-0.2, -0.15) is 0 Å². The first kappa shape index (κ1) is 20.8. The summed E-state index contributed by atoms with van der Waals surface area (Å²) in [6.45, 7) is 4.69. The Balaban J connectivity index is 1.62. The van der Waals surface area contributed by atoms with E-state index in [-0.39, 0.29) is 17.4 Å². The van der Waals surface area contributed by atoms with Crippen LogP contribution in [0.5, 0.6) is 0 Å². The molecular formula is C24H29N3O2. The van der Waals surface area contributed by atoms with Crippen molar-refractivity contribution in [1.82, 2.24) is 10.2 Å². The standard InChI is InChI=1S/C24H29N3O2/c1-16-21(24(16,2)19-8-6-5-7-9-19)23(29)26-15-20(27(3)4)14-17-10-12-18(13-11-17)22(25)28/h5-13,20H,14-15H2,1-4H3,(H2,25,28)(H,26,29)/t20-,24+/m0/s1. The lowest BCUT2D eigenvalue weighted by atomic mass is 9.90. The molecule has 0 aliphatic heterocycles. The molecular weight excluding hydrogens is 362 g/mol. The van der Waals surface area contributed by atoms with Gasteiger partial charge in [0.2, 0.25) is 11.8 Å². The van der Waals surface area contributed by atoms with E-state index in [1.165, 1.54) is 0 Å². The van der Waals surface area contributed by atoms with Gasteiger partial charge in [-0.15, -0.1) is 0 Å². The minimum atomic E-state index is -0.428. The molecule has 1 aliphatic carbocycles. The van der Waals surface area contributed by atoms with Crippen LogP contribution in [0, 0.1) is 0 Å². The van der Waals surface area contributed by atoms with E-state index in [9.17, 15) is 9.59 Å². The maximum atomic E-state index is 12.9. The second-order valence-corrected chi connectivity index (χ2v) is 8.08. The molecule has 0 bridgehead atoms. The summed E-state index contributed by atoms with van der Waals surface area (Å²) in [5.74, 6) is -0.424. The van der Waals surface area contributed by atoms with Crippen LogP contribution >= 0.6 is 0 Å². The van der Waals surface area contributed by atoms with E-state index in [0.717, 1.165) is 28.7 Å². The zero-order valence-corrected chi connectivity index (χ0v) is 17.5. The minimum Gasteiger partial charge on any atom is -0.366 e. The number of hydrogen-bond acceptors (Lipinski definition) is 3. The molecule has 5 nitrogen and oxygen atoms in total. The van der Waals surface area contributed by atoms with Crippen LogP contribution in [0.25, 0.3) is 0 Å². The van der Waals surface area contributed by atoms with Crippen molar-refractivity contribution in [3.8, 4) is 0 Å². The molecule has 3 rings (SSSR count). The molecule has 152 valence electrons. The van der Waals surface area contributed by atoms with Gasteiger partial charge in [0, 0.05) is 29.1 Å². The van der Waals surface area contributed by atoms with Crippen LogP contribution < -0.4 is 11.1 Å². The van der Waals surface area contributed by atoms with E-state index in [4.69, 9.17) is 5.73 Å². The molecule has 2 aromatic carbocycles. The molecule has 0 unspecified atom stereocenters. The zero-order valence-electron chi connectivity index (χ0n) is 17.5. The van der Waals surface area contributed by atoms with Crippen molar-refractivity contribution in [3.63, 3.8) is 0 Å². The van der Waals surface area contributed by atoms with Gasteiger partial charge in [-0.1, -0.05) is 42.5 Å². The highest BCUT2D eigenvalue weighted by molar-refractivity contribution is 6.04. The van der Waals surface area contributed by atoms with Crippen molar-refractivity contribution in [1.29, 1.82) is 0 Å². The van der Waals surface area contributed by atoms with Crippen LogP contribution in [0.15, 0.2) is 65.7 Å². The van der Waals surface area contributed by atoms with Gasteiger partial charge in [-0.25, -0.2) is 0 Å². The fourth-order valence-corrected chi connectivity index (χ4v) is 3.87. The molecule has 0 heterocycles. The number of hydrogen-bond donors (Lipinski definition) is 2. The number of nitrogens with zero attached hydrogens (tertiary/aromatic N) is 1. The minimum absolute atomic E-state index is 0.00443. The van der Waals surface area contributed by atoms with Gasteiger partial charge in [0.05, 0.1) is 0 Å². The smallest absolute Gasteiger partial charge is 0.248 e. The highest BCUT2D eigenvalue weighted by atomic mass is 16.2. The van der Waals surface area contributed by atoms with Crippen molar-refractivity contribution in [2.45, 2.75) is 31.7 Å². The number of nitrogens with one attached hydrogen (secondary N) is 1. The lowest BCUT2D eigenvalue weighted by Gasteiger charge is -2.25. The third-order valence-corrected chi connectivity index (χ3v) is 6.08. The Morgan fingerprint density at radius 3 is 2.24 bits per heavy atom. The molecule has 0 aromatic heterocycles. The highest BCUT2D eigenvalue weighted by Crippen LogP contribution is 2.53. The van der Waals surface area contributed by atoms with Gasteiger partial charge in [0.25, 0.3) is 0 Å². The highest BCUT2D eigenvalue weighted by Gasteiger charge is 2.51. The maximum Gasteiger partial charge on any atom is 0.248 e. The summed E-state index contributed by atoms with van der Waals surface area (Å²) in [5.41, 5.74) is 9.79. The molecule has 2 aromatic rings. The molecule has 29 heavy (non-hydrogen) atoms. The lowest BCUT2D eigenvalue weighted by Crippen LogP contribution is -2.42.